The largest absolute Gasteiger partial charge is 0.314 e. The molecule has 110 valence electrons. The second-order valence-electron chi connectivity index (χ2n) is 4.95. The quantitative estimate of drug-likeness (QED) is 0.474. The van der Waals surface area contributed by atoms with Crippen LogP contribution in [0.15, 0.2) is 0 Å². The monoisotopic (exact) mass is 287 g/mol. The van der Waals surface area contributed by atoms with Crippen molar-refractivity contribution in [2.24, 2.45) is 0 Å². The van der Waals surface area contributed by atoms with Crippen molar-refractivity contribution in [3.63, 3.8) is 0 Å². The fourth-order valence-electron chi connectivity index (χ4n) is 1.84. The van der Waals surface area contributed by atoms with Gasteiger partial charge in [-0.3, -0.25) is 0 Å². The van der Waals surface area contributed by atoms with Gasteiger partial charge in [0.05, 0.1) is 6.54 Å². The molecule has 0 bridgehead atoms. The van der Waals surface area contributed by atoms with Crippen LogP contribution in [-0.2, 0) is 10.2 Å². The molecule has 6 heteroatoms. The first kappa shape index (κ1) is 16.4. The molecule has 0 radical (unpaired) electrons. The number of nitrogens with zero attached hydrogens (tertiary/aromatic N) is 2. The molecule has 0 spiro atoms. The Hall–Kier alpha value is -0.610. The molecule has 1 aliphatic rings. The maximum atomic E-state index is 12.3. The highest BCUT2D eigenvalue weighted by molar-refractivity contribution is 7.86. The van der Waals surface area contributed by atoms with Gasteiger partial charge in [0.1, 0.15) is 0 Å². The molecule has 1 aliphatic carbocycles. The average molecular weight is 287 g/mol. The van der Waals surface area contributed by atoms with Gasteiger partial charge < -0.3 is 5.32 Å². The summed E-state index contributed by atoms with van der Waals surface area (Å²) < 4.78 is 27.3. The van der Waals surface area contributed by atoms with E-state index in [-0.39, 0.29) is 6.54 Å². The fraction of sp³-hybridized carbons (Fsp3) is 0.846. The van der Waals surface area contributed by atoms with Crippen LogP contribution in [0, 0.1) is 12.3 Å². The highest BCUT2D eigenvalue weighted by Crippen LogP contribution is 2.18. The van der Waals surface area contributed by atoms with Crippen LogP contribution in [0.3, 0.4) is 0 Å². The van der Waals surface area contributed by atoms with Gasteiger partial charge in [0.2, 0.25) is 0 Å². The van der Waals surface area contributed by atoms with E-state index in [4.69, 9.17) is 6.42 Å². The molecular formula is C13H25N3O2S. The van der Waals surface area contributed by atoms with Crippen molar-refractivity contribution in [3.8, 4) is 12.3 Å². The molecule has 0 heterocycles. The van der Waals surface area contributed by atoms with E-state index < -0.39 is 10.2 Å². The highest BCUT2D eigenvalue weighted by Gasteiger charge is 2.25. The number of hydrogen-bond acceptors (Lipinski definition) is 3. The number of nitrogens with one attached hydrogen (secondary N) is 1. The van der Waals surface area contributed by atoms with E-state index in [1.54, 1.807) is 7.05 Å². The third-order valence-corrected chi connectivity index (χ3v) is 5.06. The van der Waals surface area contributed by atoms with Gasteiger partial charge in [0, 0.05) is 26.2 Å². The van der Waals surface area contributed by atoms with E-state index in [1.165, 1.54) is 21.5 Å². The molecule has 0 amide bonds. The lowest BCUT2D eigenvalue weighted by atomic mass is 10.4. The lowest BCUT2D eigenvalue weighted by Gasteiger charge is -2.25. The summed E-state index contributed by atoms with van der Waals surface area (Å²) in [6.07, 6.45) is 9.32. The fourth-order valence-corrected chi connectivity index (χ4v) is 3.24. The molecule has 0 saturated heterocycles. The molecule has 1 saturated carbocycles. The smallest absolute Gasteiger partial charge is 0.282 e. The molecule has 0 unspecified atom stereocenters. The highest BCUT2D eigenvalue weighted by atomic mass is 32.2. The summed E-state index contributed by atoms with van der Waals surface area (Å²) in [5.41, 5.74) is 0. The Morgan fingerprint density at radius 3 is 2.58 bits per heavy atom. The predicted molar refractivity (Wildman–Crippen MR) is 77.9 cm³/mol. The van der Waals surface area contributed by atoms with Crippen molar-refractivity contribution >= 4 is 10.2 Å². The molecule has 1 N–H and O–H groups in total. The zero-order valence-electron chi connectivity index (χ0n) is 11.9. The summed E-state index contributed by atoms with van der Waals surface area (Å²) in [6, 6.07) is 0.667. The predicted octanol–water partition coefficient (Wildman–Crippen LogP) is 0.650. The van der Waals surface area contributed by atoms with Crippen LogP contribution in [0.5, 0.6) is 0 Å². The summed E-state index contributed by atoms with van der Waals surface area (Å²) >= 11 is 0. The molecule has 0 aromatic rings. The van der Waals surface area contributed by atoms with Gasteiger partial charge in [0.25, 0.3) is 10.2 Å². The SMILES string of the molecule is C#CCN(CCC)S(=O)(=O)N(C)CCCNC1CC1. The van der Waals surface area contributed by atoms with E-state index in [2.05, 4.69) is 11.2 Å². The molecule has 0 atom stereocenters. The topological polar surface area (TPSA) is 52.7 Å². The van der Waals surface area contributed by atoms with Crippen LogP contribution in [-0.4, -0.2) is 56.3 Å². The molecule has 1 rings (SSSR count). The zero-order chi connectivity index (χ0) is 14.3. The van der Waals surface area contributed by atoms with Gasteiger partial charge in [-0.25, -0.2) is 0 Å². The van der Waals surface area contributed by atoms with Crippen LogP contribution >= 0.6 is 0 Å². The Balaban J connectivity index is 2.40. The van der Waals surface area contributed by atoms with Gasteiger partial charge >= 0.3 is 0 Å². The maximum absolute atomic E-state index is 12.3. The van der Waals surface area contributed by atoms with Crippen LogP contribution < -0.4 is 5.32 Å². The summed E-state index contributed by atoms with van der Waals surface area (Å²) in [5, 5.41) is 3.38. The minimum Gasteiger partial charge on any atom is -0.314 e. The van der Waals surface area contributed by atoms with Crippen molar-refractivity contribution in [2.75, 3.05) is 33.2 Å². The van der Waals surface area contributed by atoms with Gasteiger partial charge in [-0.15, -0.1) is 6.42 Å². The minimum atomic E-state index is -3.41. The second kappa shape index (κ2) is 7.85. The van der Waals surface area contributed by atoms with Gasteiger partial charge in [-0.2, -0.15) is 17.0 Å². The normalized spacial score (nSPS) is 15.9. The van der Waals surface area contributed by atoms with E-state index in [0.29, 0.717) is 19.1 Å². The van der Waals surface area contributed by atoms with Crippen molar-refractivity contribution in [1.29, 1.82) is 0 Å². The molecule has 1 fully saturated rings. The average Bonchev–Trinajstić information content (AvgIpc) is 3.18. The Labute approximate surface area is 117 Å². The molecule has 0 aromatic heterocycles. The Bertz CT molecular complexity index is 399. The first-order valence-electron chi connectivity index (χ1n) is 6.90. The third kappa shape index (κ3) is 5.49. The molecule has 19 heavy (non-hydrogen) atoms. The number of terminal acetylenes is 1. The van der Waals surface area contributed by atoms with Crippen molar-refractivity contribution in [1.82, 2.24) is 13.9 Å². The summed E-state index contributed by atoms with van der Waals surface area (Å²) in [7, 11) is -1.80. The minimum absolute atomic E-state index is 0.140. The zero-order valence-corrected chi connectivity index (χ0v) is 12.7. The van der Waals surface area contributed by atoms with E-state index in [1.807, 2.05) is 6.92 Å². The molecule has 5 nitrogen and oxygen atoms in total. The van der Waals surface area contributed by atoms with Crippen LogP contribution in [0.1, 0.15) is 32.6 Å². The third-order valence-electron chi connectivity index (χ3n) is 3.12. The van der Waals surface area contributed by atoms with Crippen LogP contribution in [0.4, 0.5) is 0 Å². The summed E-state index contributed by atoms with van der Waals surface area (Å²) in [4.78, 5) is 0. The summed E-state index contributed by atoms with van der Waals surface area (Å²) in [5.74, 6) is 2.41. The maximum Gasteiger partial charge on any atom is 0.282 e. The summed E-state index contributed by atoms with van der Waals surface area (Å²) in [6.45, 7) is 3.94. The van der Waals surface area contributed by atoms with E-state index >= 15 is 0 Å². The van der Waals surface area contributed by atoms with Crippen molar-refractivity contribution in [2.45, 2.75) is 38.6 Å². The first-order chi connectivity index (χ1) is 9.02. The van der Waals surface area contributed by atoms with Gasteiger partial charge in [-0.05, 0) is 32.2 Å². The molecule has 0 aliphatic heterocycles. The standard InChI is InChI=1S/C13H25N3O2S/c1-4-10-16(11-5-2)19(17,18)15(3)12-6-9-14-13-7-8-13/h1,13-14H,5-12H2,2-3H3. The number of hydrogen-bond donors (Lipinski definition) is 1. The number of rotatable bonds is 10. The lowest BCUT2D eigenvalue weighted by Crippen LogP contribution is -2.43. The van der Waals surface area contributed by atoms with Crippen molar-refractivity contribution < 1.29 is 8.42 Å². The van der Waals surface area contributed by atoms with E-state index in [9.17, 15) is 8.42 Å². The molecular weight excluding hydrogens is 262 g/mol. The van der Waals surface area contributed by atoms with Crippen LogP contribution in [0.25, 0.3) is 0 Å². The van der Waals surface area contributed by atoms with Crippen LogP contribution in [0.2, 0.25) is 0 Å². The van der Waals surface area contributed by atoms with Crippen molar-refractivity contribution in [3.05, 3.63) is 0 Å². The van der Waals surface area contributed by atoms with Gasteiger partial charge in [-0.1, -0.05) is 12.8 Å². The second-order valence-corrected chi connectivity index (χ2v) is 6.98. The van der Waals surface area contributed by atoms with Gasteiger partial charge in [0.15, 0.2) is 0 Å². The molecule has 0 aromatic carbocycles. The Morgan fingerprint density at radius 1 is 1.37 bits per heavy atom. The van der Waals surface area contributed by atoms with E-state index in [0.717, 1.165) is 19.4 Å². The lowest BCUT2D eigenvalue weighted by molar-refractivity contribution is 0.374. The Morgan fingerprint density at radius 2 is 2.05 bits per heavy atom. The Kier molecular flexibility index (Phi) is 6.80. The first-order valence-corrected chi connectivity index (χ1v) is 8.30.